The normalized spacial score (nSPS) is 11.6. The zero-order valence-electron chi connectivity index (χ0n) is 6.35. The Hall–Kier alpha value is -0.410. The van der Waals surface area contributed by atoms with Crippen LogP contribution in [0.1, 0.15) is 0 Å². The molecule has 0 bridgehead atoms. The van der Waals surface area contributed by atoms with Gasteiger partial charge in [-0.1, -0.05) is 0 Å². The predicted octanol–water partition coefficient (Wildman–Crippen LogP) is -1.43. The van der Waals surface area contributed by atoms with Crippen LogP contribution in [0.5, 0.6) is 0 Å². The molecule has 0 saturated carbocycles. The molecule has 2 N–H and O–H groups in total. The van der Waals surface area contributed by atoms with Gasteiger partial charge in [0.25, 0.3) is 0 Å². The van der Waals surface area contributed by atoms with Crippen LogP contribution in [0.15, 0.2) is 0 Å². The molecule has 0 unspecified atom stereocenters. The highest BCUT2D eigenvalue weighted by molar-refractivity contribution is 5.66. The summed E-state index contributed by atoms with van der Waals surface area (Å²) in [4.78, 5) is 10.7. The van der Waals surface area contributed by atoms with E-state index < -0.39 is 0 Å². The minimum absolute atomic E-state index is 0.0995. The second kappa shape index (κ2) is 2.94. The third-order valence-corrected chi connectivity index (χ3v) is 0.858. The summed E-state index contributed by atoms with van der Waals surface area (Å²) in [5.74, 6) is 0.0995. The standard InChI is InChI=1S/C6H15N2O/c1-7-6(9)5-8(2,3)4/h1,5,7H2,2-4H3/q+1. The third kappa shape index (κ3) is 5.46. The van der Waals surface area contributed by atoms with Crippen molar-refractivity contribution in [1.29, 1.82) is 0 Å². The van der Waals surface area contributed by atoms with Crippen LogP contribution in [0.2, 0.25) is 0 Å². The van der Waals surface area contributed by atoms with Gasteiger partial charge in [-0.05, 0) is 0 Å². The van der Waals surface area contributed by atoms with E-state index in [2.05, 4.69) is 7.05 Å². The van der Waals surface area contributed by atoms with Crippen molar-refractivity contribution in [3.05, 3.63) is 7.05 Å². The van der Waals surface area contributed by atoms with E-state index in [0.29, 0.717) is 11.0 Å². The van der Waals surface area contributed by atoms with Gasteiger partial charge in [0.05, 0.1) is 21.1 Å². The fraction of sp³-hybridized carbons (Fsp3) is 0.667. The van der Waals surface area contributed by atoms with Gasteiger partial charge in [0.15, 0.2) is 6.54 Å². The van der Waals surface area contributed by atoms with Gasteiger partial charge in [-0.15, -0.1) is 7.05 Å². The number of carbonyl (C=O) groups excluding carboxylic acids is 1. The van der Waals surface area contributed by atoms with E-state index in [1.54, 1.807) is 0 Å². The number of nitrogens with two attached hydrogens (primary N) is 1. The Bertz CT molecular complexity index is 104. The maximum Gasteiger partial charge on any atom is 0.339 e. The highest BCUT2D eigenvalue weighted by atomic mass is 16.2. The molecule has 0 aromatic rings. The van der Waals surface area contributed by atoms with Crippen molar-refractivity contribution in [2.24, 2.45) is 0 Å². The lowest BCUT2D eigenvalue weighted by atomic mass is 10.5. The summed E-state index contributed by atoms with van der Waals surface area (Å²) < 4.78 is 0.671. The summed E-state index contributed by atoms with van der Waals surface area (Å²) in [6.45, 7) is 0.531. The number of hydrogen-bond acceptors (Lipinski definition) is 1. The maximum absolute atomic E-state index is 10.7. The molecule has 0 fully saturated rings. The molecule has 3 heteroatoms. The van der Waals surface area contributed by atoms with Crippen molar-refractivity contribution >= 4 is 5.91 Å². The number of quaternary nitrogens is 2. The van der Waals surface area contributed by atoms with Gasteiger partial charge >= 0.3 is 5.91 Å². The molecular weight excluding hydrogens is 116 g/mol. The summed E-state index contributed by atoms with van der Waals surface area (Å²) >= 11 is 0. The first-order valence-corrected chi connectivity index (χ1v) is 2.91. The molecule has 0 aromatic heterocycles. The number of nitrogens with zero attached hydrogens (tertiary/aromatic N) is 1. The second-order valence-corrected chi connectivity index (χ2v) is 3.12. The average Bonchev–Trinajstić information content (AvgIpc) is 1.62. The summed E-state index contributed by atoms with van der Waals surface area (Å²) in [5, 5.41) is 1.36. The van der Waals surface area contributed by atoms with E-state index in [-0.39, 0.29) is 5.91 Å². The van der Waals surface area contributed by atoms with Crippen LogP contribution in [0.25, 0.3) is 0 Å². The van der Waals surface area contributed by atoms with E-state index in [0.717, 1.165) is 0 Å². The van der Waals surface area contributed by atoms with Crippen LogP contribution < -0.4 is 5.32 Å². The van der Waals surface area contributed by atoms with Gasteiger partial charge in [0.2, 0.25) is 0 Å². The molecule has 54 valence electrons. The zero-order chi connectivity index (χ0) is 7.49. The maximum atomic E-state index is 10.7. The Balaban J connectivity index is 3.60. The third-order valence-electron chi connectivity index (χ3n) is 0.858. The molecule has 9 heavy (non-hydrogen) atoms. The molecule has 3 nitrogen and oxygen atoms in total. The SMILES string of the molecule is [CH2-][NH2+]C(=O)C[N+](C)(C)C. The summed E-state index contributed by atoms with van der Waals surface area (Å²) in [6, 6.07) is 0. The van der Waals surface area contributed by atoms with Crippen LogP contribution in [0.4, 0.5) is 0 Å². The van der Waals surface area contributed by atoms with Gasteiger partial charge in [0.1, 0.15) is 0 Å². The molecule has 0 aromatic carbocycles. The summed E-state index contributed by atoms with van der Waals surface area (Å²) in [5.41, 5.74) is 0. The van der Waals surface area contributed by atoms with E-state index in [1.165, 1.54) is 5.32 Å². The number of carbonyl (C=O) groups is 1. The van der Waals surface area contributed by atoms with Crippen molar-refractivity contribution in [1.82, 2.24) is 0 Å². The zero-order valence-corrected chi connectivity index (χ0v) is 6.35. The minimum atomic E-state index is 0.0995. The molecule has 0 radical (unpaired) electrons. The largest absolute Gasteiger partial charge is 0.410 e. The fourth-order valence-corrected chi connectivity index (χ4v) is 0.532. The summed E-state index contributed by atoms with van der Waals surface area (Å²) in [6.07, 6.45) is 0. The molecule has 0 aliphatic heterocycles. The van der Waals surface area contributed by atoms with E-state index in [1.807, 2.05) is 21.1 Å². The van der Waals surface area contributed by atoms with Gasteiger partial charge in [0, 0.05) is 0 Å². The van der Waals surface area contributed by atoms with Crippen molar-refractivity contribution in [2.75, 3.05) is 27.7 Å². The summed E-state index contributed by atoms with van der Waals surface area (Å²) in [7, 11) is 9.31. The molecule has 0 aliphatic rings. The van der Waals surface area contributed by atoms with Crippen LogP contribution in [-0.4, -0.2) is 38.1 Å². The topological polar surface area (TPSA) is 33.7 Å². The molecule has 1 amide bonds. The van der Waals surface area contributed by atoms with E-state index in [9.17, 15) is 4.79 Å². The van der Waals surface area contributed by atoms with Gasteiger partial charge in [-0.3, -0.25) is 0 Å². The Morgan fingerprint density at radius 1 is 1.56 bits per heavy atom. The molecule has 0 aliphatic carbocycles. The van der Waals surface area contributed by atoms with Crippen molar-refractivity contribution in [3.63, 3.8) is 0 Å². The predicted molar refractivity (Wildman–Crippen MR) is 35.2 cm³/mol. The smallest absolute Gasteiger partial charge is 0.339 e. The Morgan fingerprint density at radius 2 is 2.00 bits per heavy atom. The second-order valence-electron chi connectivity index (χ2n) is 3.12. The number of primary amides is 1. The van der Waals surface area contributed by atoms with Crippen LogP contribution in [0, 0.1) is 7.05 Å². The minimum Gasteiger partial charge on any atom is -0.410 e. The Morgan fingerprint density at radius 3 is 2.11 bits per heavy atom. The molecular formula is C6H15N2O+. The fourth-order valence-electron chi connectivity index (χ4n) is 0.532. The molecule has 0 spiro atoms. The van der Waals surface area contributed by atoms with E-state index in [4.69, 9.17) is 0 Å². The number of amides is 1. The number of likely N-dealkylation sites (N-methyl/N-ethyl adjacent to an activating group) is 1. The lowest BCUT2D eigenvalue weighted by molar-refractivity contribution is -0.866. The van der Waals surface area contributed by atoms with Gasteiger partial charge < -0.3 is 9.80 Å². The lowest BCUT2D eigenvalue weighted by Crippen LogP contribution is -2.83. The molecule has 0 rings (SSSR count). The number of hydrogen-bond donors (Lipinski definition) is 1. The van der Waals surface area contributed by atoms with Gasteiger partial charge in [-0.25, -0.2) is 4.79 Å². The van der Waals surface area contributed by atoms with Crippen LogP contribution in [-0.2, 0) is 4.79 Å². The monoisotopic (exact) mass is 131 g/mol. The van der Waals surface area contributed by atoms with Crippen LogP contribution >= 0.6 is 0 Å². The van der Waals surface area contributed by atoms with Crippen LogP contribution in [0.3, 0.4) is 0 Å². The highest BCUT2D eigenvalue weighted by Crippen LogP contribution is 1.84. The highest BCUT2D eigenvalue weighted by Gasteiger charge is 2.13. The quantitative estimate of drug-likeness (QED) is 0.362. The molecule has 0 heterocycles. The Labute approximate surface area is 56.2 Å². The van der Waals surface area contributed by atoms with Crippen molar-refractivity contribution in [2.45, 2.75) is 0 Å². The van der Waals surface area contributed by atoms with Crippen molar-refractivity contribution in [3.8, 4) is 0 Å². The first kappa shape index (κ1) is 8.59. The lowest BCUT2D eigenvalue weighted by Gasteiger charge is -2.21. The number of rotatable bonds is 2. The van der Waals surface area contributed by atoms with E-state index >= 15 is 0 Å². The molecule has 0 saturated heterocycles. The first-order valence-electron chi connectivity index (χ1n) is 2.91. The first-order chi connectivity index (χ1) is 3.95. The van der Waals surface area contributed by atoms with Gasteiger partial charge in [-0.2, -0.15) is 0 Å². The average molecular weight is 131 g/mol. The van der Waals surface area contributed by atoms with Crippen molar-refractivity contribution < 1.29 is 14.6 Å². The molecule has 0 atom stereocenters. The Kier molecular flexibility index (Phi) is 2.81.